The van der Waals surface area contributed by atoms with Crippen LogP contribution in [0.2, 0.25) is 0 Å². The SMILES string of the molecule is CCCOc1cc(OCCC)c(C(=O)Oc2cccc3c(OC(=O)c4c(OCCC)cc(OCCC)cc4OCCC)cccc23)c(OCCC)c1. The molecule has 0 unspecified atom stereocenters. The van der Waals surface area contributed by atoms with Gasteiger partial charge in [-0.15, -0.1) is 0 Å². The molecule has 4 aromatic rings. The predicted octanol–water partition coefficient (Wildman–Crippen LogP) is 10.0. The van der Waals surface area contributed by atoms with Crippen LogP contribution in [0.25, 0.3) is 10.8 Å². The van der Waals surface area contributed by atoms with Crippen molar-refractivity contribution in [3.63, 3.8) is 0 Å². The summed E-state index contributed by atoms with van der Waals surface area (Å²) in [7, 11) is 0. The van der Waals surface area contributed by atoms with Crippen LogP contribution in [0.3, 0.4) is 0 Å². The highest BCUT2D eigenvalue weighted by Crippen LogP contribution is 2.40. The highest BCUT2D eigenvalue weighted by Gasteiger charge is 2.26. The van der Waals surface area contributed by atoms with E-state index < -0.39 is 11.9 Å². The van der Waals surface area contributed by atoms with E-state index in [1.54, 1.807) is 60.7 Å². The summed E-state index contributed by atoms with van der Waals surface area (Å²) in [6.45, 7) is 14.5. The first kappa shape index (κ1) is 39.7. The highest BCUT2D eigenvalue weighted by atomic mass is 16.6. The summed E-state index contributed by atoms with van der Waals surface area (Å²) in [4.78, 5) is 28.0. The fourth-order valence-electron chi connectivity index (χ4n) is 5.18. The fraction of sp³-hybridized carbons (Fsp3) is 0.429. The summed E-state index contributed by atoms with van der Waals surface area (Å²) in [5.41, 5.74) is 0.326. The maximum absolute atomic E-state index is 14.0. The number of hydrogen-bond donors (Lipinski definition) is 0. The Morgan fingerprint density at radius 3 is 0.981 bits per heavy atom. The van der Waals surface area contributed by atoms with Crippen molar-refractivity contribution in [3.8, 4) is 46.0 Å². The van der Waals surface area contributed by atoms with Gasteiger partial charge >= 0.3 is 11.9 Å². The Morgan fingerprint density at radius 2 is 0.692 bits per heavy atom. The number of hydrogen-bond acceptors (Lipinski definition) is 10. The Bertz CT molecular complexity index is 1580. The molecule has 0 aliphatic heterocycles. The summed E-state index contributed by atoms with van der Waals surface area (Å²) in [5, 5.41) is 1.12. The third-order valence-corrected chi connectivity index (χ3v) is 7.53. The highest BCUT2D eigenvalue weighted by molar-refractivity contribution is 6.03. The number of benzene rings is 4. The molecule has 0 aromatic heterocycles. The lowest BCUT2D eigenvalue weighted by Crippen LogP contribution is -2.15. The molecule has 0 atom stereocenters. The predicted molar refractivity (Wildman–Crippen MR) is 201 cm³/mol. The summed E-state index contributed by atoms with van der Waals surface area (Å²) >= 11 is 0. The molecule has 0 heterocycles. The minimum Gasteiger partial charge on any atom is -0.493 e. The molecular formula is C42H52O10. The van der Waals surface area contributed by atoms with Crippen molar-refractivity contribution in [2.45, 2.75) is 80.1 Å². The maximum Gasteiger partial charge on any atom is 0.351 e. The Balaban J connectivity index is 1.72. The van der Waals surface area contributed by atoms with Crippen molar-refractivity contribution >= 4 is 22.7 Å². The van der Waals surface area contributed by atoms with Gasteiger partial charge in [0, 0.05) is 35.0 Å². The van der Waals surface area contributed by atoms with Crippen LogP contribution in [0.1, 0.15) is 101 Å². The molecule has 52 heavy (non-hydrogen) atoms. The number of carbonyl (C=O) groups excluding carboxylic acids is 2. The summed E-state index contributed by atoms with van der Waals surface area (Å²) in [6.07, 6.45) is 4.58. The summed E-state index contributed by atoms with van der Waals surface area (Å²) in [6, 6.07) is 17.2. The molecule has 0 N–H and O–H groups in total. The molecule has 280 valence electrons. The van der Waals surface area contributed by atoms with Crippen molar-refractivity contribution in [2.24, 2.45) is 0 Å². The van der Waals surface area contributed by atoms with Crippen LogP contribution in [0.4, 0.5) is 0 Å². The van der Waals surface area contributed by atoms with E-state index in [-0.39, 0.29) is 22.6 Å². The normalized spacial score (nSPS) is 10.8. The van der Waals surface area contributed by atoms with Gasteiger partial charge in [-0.1, -0.05) is 65.8 Å². The van der Waals surface area contributed by atoms with Gasteiger partial charge in [0.2, 0.25) is 0 Å². The molecule has 0 spiro atoms. The second kappa shape index (κ2) is 20.7. The van der Waals surface area contributed by atoms with Crippen molar-refractivity contribution < 1.29 is 47.5 Å². The monoisotopic (exact) mass is 716 g/mol. The summed E-state index contributed by atoms with van der Waals surface area (Å²) in [5.74, 6) is 1.57. The van der Waals surface area contributed by atoms with Gasteiger partial charge in [0.1, 0.15) is 57.1 Å². The van der Waals surface area contributed by atoms with Gasteiger partial charge in [-0.05, 0) is 50.7 Å². The van der Waals surface area contributed by atoms with Gasteiger partial charge < -0.3 is 37.9 Å². The molecular weight excluding hydrogens is 664 g/mol. The van der Waals surface area contributed by atoms with Crippen LogP contribution in [0.15, 0.2) is 60.7 Å². The maximum atomic E-state index is 14.0. The molecule has 0 aliphatic rings. The summed E-state index contributed by atoms with van der Waals surface area (Å²) < 4.78 is 48.0. The number of esters is 2. The molecule has 0 saturated heterocycles. The Hall–Kier alpha value is -5.12. The minimum absolute atomic E-state index is 0.163. The van der Waals surface area contributed by atoms with Gasteiger partial charge in [0.15, 0.2) is 0 Å². The lowest BCUT2D eigenvalue weighted by molar-refractivity contribution is 0.0715. The first-order chi connectivity index (χ1) is 25.4. The van der Waals surface area contributed by atoms with Gasteiger partial charge in [0.05, 0.1) is 39.6 Å². The van der Waals surface area contributed by atoms with E-state index in [2.05, 4.69) is 0 Å². The first-order valence-corrected chi connectivity index (χ1v) is 18.5. The van der Waals surface area contributed by atoms with Gasteiger partial charge in [0.25, 0.3) is 0 Å². The largest absolute Gasteiger partial charge is 0.493 e. The lowest BCUT2D eigenvalue weighted by Gasteiger charge is -2.19. The molecule has 0 amide bonds. The number of carbonyl (C=O) groups is 2. The van der Waals surface area contributed by atoms with Crippen LogP contribution in [0, 0.1) is 0 Å². The van der Waals surface area contributed by atoms with Gasteiger partial charge in [-0.25, -0.2) is 9.59 Å². The van der Waals surface area contributed by atoms with Gasteiger partial charge in [-0.3, -0.25) is 0 Å². The van der Waals surface area contributed by atoms with Crippen LogP contribution in [0.5, 0.6) is 46.0 Å². The smallest absolute Gasteiger partial charge is 0.351 e. The molecule has 0 saturated carbocycles. The van der Waals surface area contributed by atoms with Crippen molar-refractivity contribution in [2.75, 3.05) is 39.6 Å². The molecule has 0 aliphatic carbocycles. The standard InChI is InChI=1S/C42H52O10/c1-7-19-45-29-25-35(47-21-9-3)39(36(26-29)48-22-10-4)41(43)51-33-17-13-16-32-31(33)15-14-18-34(32)52-42(44)40-37(49-23-11-5)27-30(46-20-8-2)28-38(40)50-24-12-6/h13-18,25-28H,7-12,19-24H2,1-6H3. The zero-order valence-corrected chi connectivity index (χ0v) is 31.3. The third-order valence-electron chi connectivity index (χ3n) is 7.53. The molecule has 0 fully saturated rings. The number of fused-ring (bicyclic) bond motifs is 1. The Morgan fingerprint density at radius 1 is 0.404 bits per heavy atom. The van der Waals surface area contributed by atoms with E-state index in [0.717, 1.165) is 38.5 Å². The zero-order chi connectivity index (χ0) is 37.3. The Kier molecular flexibility index (Phi) is 15.8. The molecule has 4 aromatic carbocycles. The van der Waals surface area contributed by atoms with Crippen molar-refractivity contribution in [3.05, 3.63) is 71.8 Å². The zero-order valence-electron chi connectivity index (χ0n) is 31.3. The fourth-order valence-corrected chi connectivity index (χ4v) is 5.18. The van der Waals surface area contributed by atoms with E-state index in [1.807, 2.05) is 41.5 Å². The number of rotatable bonds is 22. The van der Waals surface area contributed by atoms with Gasteiger partial charge in [-0.2, -0.15) is 0 Å². The average molecular weight is 717 g/mol. The van der Waals surface area contributed by atoms with E-state index in [1.165, 1.54) is 0 Å². The second-order valence-corrected chi connectivity index (χ2v) is 12.1. The first-order valence-electron chi connectivity index (χ1n) is 18.5. The number of ether oxygens (including phenoxy) is 8. The molecule has 4 rings (SSSR count). The van der Waals surface area contributed by atoms with E-state index in [0.29, 0.717) is 84.9 Å². The lowest BCUT2D eigenvalue weighted by atomic mass is 10.1. The third kappa shape index (κ3) is 10.5. The van der Waals surface area contributed by atoms with E-state index in [4.69, 9.17) is 37.9 Å². The van der Waals surface area contributed by atoms with E-state index >= 15 is 0 Å². The topological polar surface area (TPSA) is 108 Å². The van der Waals surface area contributed by atoms with E-state index in [9.17, 15) is 9.59 Å². The minimum atomic E-state index is -0.657. The second-order valence-electron chi connectivity index (χ2n) is 12.1. The van der Waals surface area contributed by atoms with Crippen LogP contribution < -0.4 is 37.9 Å². The van der Waals surface area contributed by atoms with Crippen molar-refractivity contribution in [1.29, 1.82) is 0 Å². The Labute approximate surface area is 307 Å². The molecule has 0 bridgehead atoms. The van der Waals surface area contributed by atoms with Crippen LogP contribution in [-0.2, 0) is 0 Å². The molecule has 0 radical (unpaired) electrons. The molecule has 10 nitrogen and oxygen atoms in total. The van der Waals surface area contributed by atoms with Crippen LogP contribution in [-0.4, -0.2) is 51.6 Å². The quantitative estimate of drug-likeness (QED) is 0.0576. The van der Waals surface area contributed by atoms with Crippen LogP contribution >= 0.6 is 0 Å². The average Bonchev–Trinajstić information content (AvgIpc) is 3.15. The molecule has 10 heteroatoms. The van der Waals surface area contributed by atoms with Crippen molar-refractivity contribution in [1.82, 2.24) is 0 Å².